The van der Waals surface area contributed by atoms with Gasteiger partial charge in [0.15, 0.2) is 0 Å². The Morgan fingerprint density at radius 2 is 1.54 bits per heavy atom. The predicted molar refractivity (Wildman–Crippen MR) is 154 cm³/mol. The summed E-state index contributed by atoms with van der Waals surface area (Å²) in [6.07, 6.45) is 10.5. The second-order valence-electron chi connectivity index (χ2n) is 10.1. The Labute approximate surface area is 230 Å². The first-order valence-corrected chi connectivity index (χ1v) is 13.6. The van der Waals surface area contributed by atoms with E-state index in [1.807, 2.05) is 11.0 Å². The Hall–Kier alpha value is -4.32. The monoisotopic (exact) mass is 521 g/mol. The Bertz CT molecular complexity index is 1340. The van der Waals surface area contributed by atoms with Crippen LogP contribution in [-0.4, -0.2) is 42.0 Å². The van der Waals surface area contributed by atoms with Gasteiger partial charge >= 0.3 is 12.0 Å². The van der Waals surface area contributed by atoms with Gasteiger partial charge in [-0.15, -0.1) is 0 Å². The van der Waals surface area contributed by atoms with Gasteiger partial charge in [-0.3, -0.25) is 0 Å². The molecule has 2 heterocycles. The fourth-order valence-corrected chi connectivity index (χ4v) is 5.72. The lowest BCUT2D eigenvalue weighted by atomic mass is 9.69. The fraction of sp³-hybridized carbons (Fsp3) is 0.273. The topological polar surface area (TPSA) is 61.9 Å². The van der Waals surface area contributed by atoms with Gasteiger partial charge < -0.3 is 19.9 Å². The van der Waals surface area contributed by atoms with E-state index >= 15 is 0 Å². The number of hydrogen-bond donors (Lipinski definition) is 1. The van der Waals surface area contributed by atoms with E-state index in [0.717, 1.165) is 32.2 Å². The zero-order valence-electron chi connectivity index (χ0n) is 22.4. The maximum Gasteiger partial charge on any atom is 0.339 e. The fourth-order valence-electron chi connectivity index (χ4n) is 5.72. The number of nitrogens with zero attached hydrogens (tertiary/aromatic N) is 2. The van der Waals surface area contributed by atoms with Crippen LogP contribution in [0.2, 0.25) is 0 Å². The second kappa shape index (κ2) is 12.0. The number of amides is 2. The van der Waals surface area contributed by atoms with Crippen LogP contribution in [0.4, 0.5) is 10.5 Å². The normalized spacial score (nSPS) is 16.7. The molecule has 0 aliphatic carbocycles. The third-order valence-corrected chi connectivity index (χ3v) is 7.76. The SMILES string of the molecule is COC(=O)c1ccccc1NC(=O)N1CCC(C2=CCCC=CN2Cc2ccccc2)(c2ccccc2)CC1. The van der Waals surface area contributed by atoms with Crippen molar-refractivity contribution >= 4 is 17.7 Å². The first-order chi connectivity index (χ1) is 19.1. The molecule has 2 amide bonds. The molecule has 1 N–H and O–H groups in total. The number of hydrogen-bond acceptors (Lipinski definition) is 4. The van der Waals surface area contributed by atoms with Crippen LogP contribution >= 0.6 is 0 Å². The number of ether oxygens (including phenoxy) is 1. The standard InChI is InChI=1S/C33H35N3O3/c1-39-31(37)28-17-10-11-18-29(28)34-32(38)35-23-20-33(21-24-35,27-15-7-3-8-16-27)30-19-9-4-12-22-36(30)25-26-13-5-2-6-14-26/h2-3,5-8,10-19,22H,4,9,20-21,23-25H2,1H3,(H,34,38). The summed E-state index contributed by atoms with van der Waals surface area (Å²) in [4.78, 5) is 29.8. The molecule has 6 nitrogen and oxygen atoms in total. The molecule has 39 heavy (non-hydrogen) atoms. The lowest BCUT2D eigenvalue weighted by Crippen LogP contribution is -2.49. The summed E-state index contributed by atoms with van der Waals surface area (Å²) >= 11 is 0. The number of carbonyl (C=O) groups is 2. The second-order valence-corrected chi connectivity index (χ2v) is 10.1. The molecule has 200 valence electrons. The highest BCUT2D eigenvalue weighted by atomic mass is 16.5. The van der Waals surface area contributed by atoms with Crippen molar-refractivity contribution in [1.29, 1.82) is 0 Å². The van der Waals surface area contributed by atoms with Crippen LogP contribution in [0.25, 0.3) is 0 Å². The summed E-state index contributed by atoms with van der Waals surface area (Å²) in [6, 6.07) is 28.0. The Kier molecular flexibility index (Phi) is 8.11. The van der Waals surface area contributed by atoms with Crippen LogP contribution in [0.1, 0.15) is 47.2 Å². The van der Waals surface area contributed by atoms with Gasteiger partial charge in [-0.25, -0.2) is 9.59 Å². The maximum atomic E-state index is 13.3. The van der Waals surface area contributed by atoms with Crippen LogP contribution in [0, 0.1) is 0 Å². The Morgan fingerprint density at radius 3 is 2.26 bits per heavy atom. The average molecular weight is 522 g/mol. The molecule has 2 aliphatic heterocycles. The van der Waals surface area contributed by atoms with E-state index in [4.69, 9.17) is 4.74 Å². The third kappa shape index (κ3) is 5.75. The maximum absolute atomic E-state index is 13.3. The first-order valence-electron chi connectivity index (χ1n) is 13.6. The minimum Gasteiger partial charge on any atom is -0.465 e. The molecule has 0 atom stereocenters. The molecule has 0 radical (unpaired) electrons. The number of rotatable bonds is 6. The Balaban J connectivity index is 1.40. The summed E-state index contributed by atoms with van der Waals surface area (Å²) in [5.41, 5.74) is 4.43. The van der Waals surface area contributed by atoms with E-state index in [9.17, 15) is 9.59 Å². The van der Waals surface area contributed by atoms with Crippen LogP contribution in [-0.2, 0) is 16.7 Å². The number of likely N-dealkylation sites (tertiary alicyclic amines) is 1. The summed E-state index contributed by atoms with van der Waals surface area (Å²) in [5, 5.41) is 2.94. The first kappa shape index (κ1) is 26.3. The Morgan fingerprint density at radius 1 is 0.872 bits per heavy atom. The van der Waals surface area contributed by atoms with Crippen LogP contribution in [0.3, 0.4) is 0 Å². The molecule has 3 aromatic carbocycles. The lowest BCUT2D eigenvalue weighted by molar-refractivity contribution is 0.0602. The van der Waals surface area contributed by atoms with Gasteiger partial charge in [-0.05, 0) is 48.9 Å². The van der Waals surface area contributed by atoms with E-state index in [1.165, 1.54) is 23.9 Å². The number of para-hydroxylation sites is 1. The smallest absolute Gasteiger partial charge is 0.339 e. The van der Waals surface area contributed by atoms with E-state index in [2.05, 4.69) is 83.2 Å². The molecule has 0 aromatic heterocycles. The van der Waals surface area contributed by atoms with Crippen molar-refractivity contribution in [2.45, 2.75) is 37.6 Å². The molecular formula is C33H35N3O3. The number of urea groups is 1. The number of methoxy groups -OCH3 is 1. The van der Waals surface area contributed by atoms with Crippen molar-refractivity contribution in [2.24, 2.45) is 0 Å². The highest BCUT2D eigenvalue weighted by molar-refractivity contribution is 6.00. The van der Waals surface area contributed by atoms with Gasteiger partial charge in [0.1, 0.15) is 0 Å². The molecule has 1 saturated heterocycles. The third-order valence-electron chi connectivity index (χ3n) is 7.76. The van der Waals surface area contributed by atoms with Crippen LogP contribution < -0.4 is 5.32 Å². The van der Waals surface area contributed by atoms with E-state index in [-0.39, 0.29) is 11.4 Å². The summed E-state index contributed by atoms with van der Waals surface area (Å²) in [6.45, 7) is 2.00. The van der Waals surface area contributed by atoms with Crippen molar-refractivity contribution in [1.82, 2.24) is 9.80 Å². The molecule has 0 saturated carbocycles. The van der Waals surface area contributed by atoms with Crippen LogP contribution in [0.15, 0.2) is 109 Å². The van der Waals surface area contributed by atoms with E-state index in [0.29, 0.717) is 24.3 Å². The number of esters is 1. The summed E-state index contributed by atoms with van der Waals surface area (Å²) in [5.74, 6) is -0.473. The molecular weight excluding hydrogens is 486 g/mol. The number of allylic oxidation sites excluding steroid dienone is 3. The molecule has 6 heteroatoms. The predicted octanol–water partition coefficient (Wildman–Crippen LogP) is 6.73. The van der Waals surface area contributed by atoms with Gasteiger partial charge in [0, 0.05) is 36.9 Å². The summed E-state index contributed by atoms with van der Waals surface area (Å²) in [7, 11) is 1.34. The molecule has 1 fully saturated rings. The molecule has 5 rings (SSSR count). The zero-order valence-corrected chi connectivity index (χ0v) is 22.4. The van der Waals surface area contributed by atoms with Gasteiger partial charge in [-0.2, -0.15) is 0 Å². The number of anilines is 1. The van der Waals surface area contributed by atoms with Gasteiger partial charge in [-0.1, -0.05) is 84.9 Å². The lowest BCUT2D eigenvalue weighted by Gasteiger charge is -2.46. The highest BCUT2D eigenvalue weighted by Crippen LogP contribution is 2.45. The van der Waals surface area contributed by atoms with Crippen molar-refractivity contribution in [2.75, 3.05) is 25.5 Å². The van der Waals surface area contributed by atoms with E-state index < -0.39 is 5.97 Å². The number of benzene rings is 3. The quantitative estimate of drug-likeness (QED) is 0.365. The average Bonchev–Trinajstić information content (AvgIpc) is 3.24. The van der Waals surface area contributed by atoms with Crippen molar-refractivity contribution in [3.05, 3.63) is 126 Å². The molecule has 2 aliphatic rings. The number of nitrogens with one attached hydrogen (secondary N) is 1. The van der Waals surface area contributed by atoms with Gasteiger partial charge in [0.2, 0.25) is 0 Å². The van der Waals surface area contributed by atoms with Gasteiger partial charge in [0.25, 0.3) is 0 Å². The minimum absolute atomic E-state index is 0.205. The number of piperidine rings is 1. The van der Waals surface area contributed by atoms with Crippen molar-refractivity contribution in [3.8, 4) is 0 Å². The van der Waals surface area contributed by atoms with Crippen molar-refractivity contribution in [3.63, 3.8) is 0 Å². The van der Waals surface area contributed by atoms with Crippen LogP contribution in [0.5, 0.6) is 0 Å². The minimum atomic E-state index is -0.473. The molecule has 0 spiro atoms. The molecule has 3 aromatic rings. The van der Waals surface area contributed by atoms with Crippen molar-refractivity contribution < 1.29 is 14.3 Å². The zero-order chi connectivity index (χ0) is 27.1. The molecule has 0 bridgehead atoms. The van der Waals surface area contributed by atoms with Gasteiger partial charge in [0.05, 0.1) is 18.4 Å². The largest absolute Gasteiger partial charge is 0.465 e. The number of carbonyl (C=O) groups excluding carboxylic acids is 2. The molecule has 0 unspecified atom stereocenters. The van der Waals surface area contributed by atoms with E-state index in [1.54, 1.807) is 24.3 Å². The summed E-state index contributed by atoms with van der Waals surface area (Å²) < 4.78 is 4.89. The highest BCUT2D eigenvalue weighted by Gasteiger charge is 2.42.